The summed E-state index contributed by atoms with van der Waals surface area (Å²) in [6.45, 7) is 0. The van der Waals surface area contributed by atoms with Crippen LogP contribution in [0, 0.1) is 17.8 Å². The molecular formula is C12H13NO. The van der Waals surface area contributed by atoms with Crippen LogP contribution in [0.25, 0.3) is 0 Å². The lowest BCUT2D eigenvalue weighted by molar-refractivity contribution is 0.0914. The van der Waals surface area contributed by atoms with Crippen molar-refractivity contribution in [2.45, 2.75) is 19.3 Å². The van der Waals surface area contributed by atoms with Gasteiger partial charge in [-0.3, -0.25) is 9.78 Å². The van der Waals surface area contributed by atoms with Gasteiger partial charge in [-0.05, 0) is 43.2 Å². The predicted octanol–water partition coefficient (Wildman–Crippen LogP) is 2.31. The van der Waals surface area contributed by atoms with Gasteiger partial charge in [-0.15, -0.1) is 0 Å². The molecule has 14 heavy (non-hydrogen) atoms. The first-order valence-electron chi connectivity index (χ1n) is 5.29. The van der Waals surface area contributed by atoms with Gasteiger partial charge in [0.05, 0.1) is 0 Å². The van der Waals surface area contributed by atoms with E-state index in [1.807, 2.05) is 12.1 Å². The second kappa shape index (κ2) is 2.91. The van der Waals surface area contributed by atoms with E-state index < -0.39 is 0 Å². The van der Waals surface area contributed by atoms with Crippen LogP contribution in [0.2, 0.25) is 0 Å². The molecule has 0 aromatic carbocycles. The molecule has 0 aliphatic heterocycles. The highest BCUT2D eigenvalue weighted by atomic mass is 16.1. The van der Waals surface area contributed by atoms with Crippen LogP contribution >= 0.6 is 0 Å². The third-order valence-corrected chi connectivity index (χ3v) is 3.56. The summed E-state index contributed by atoms with van der Waals surface area (Å²) in [5.74, 6) is 2.36. The van der Waals surface area contributed by atoms with E-state index in [1.165, 1.54) is 6.42 Å². The quantitative estimate of drug-likeness (QED) is 0.665. The number of aromatic nitrogens is 1. The van der Waals surface area contributed by atoms with Crippen LogP contribution in [0.3, 0.4) is 0 Å². The van der Waals surface area contributed by atoms with Gasteiger partial charge >= 0.3 is 0 Å². The fraction of sp³-hybridized carbons (Fsp3) is 0.500. The smallest absolute Gasteiger partial charge is 0.167 e. The van der Waals surface area contributed by atoms with E-state index in [0.717, 1.165) is 30.2 Å². The van der Waals surface area contributed by atoms with Crippen LogP contribution in [0.5, 0.6) is 0 Å². The first kappa shape index (κ1) is 8.16. The van der Waals surface area contributed by atoms with Crippen LogP contribution in [0.4, 0.5) is 0 Å². The van der Waals surface area contributed by atoms with Gasteiger partial charge in [0.1, 0.15) is 0 Å². The number of carbonyl (C=O) groups excluding carboxylic acids is 1. The van der Waals surface area contributed by atoms with Gasteiger partial charge in [-0.1, -0.05) is 0 Å². The van der Waals surface area contributed by atoms with Crippen molar-refractivity contribution in [3.05, 3.63) is 30.1 Å². The summed E-state index contributed by atoms with van der Waals surface area (Å²) in [4.78, 5) is 16.0. The first-order valence-corrected chi connectivity index (χ1v) is 5.29. The fourth-order valence-electron chi connectivity index (χ4n) is 2.67. The SMILES string of the molecule is O=C(c1cccnc1)C1CC2CC2C1. The molecule has 1 heterocycles. The molecule has 2 heteroatoms. The van der Waals surface area contributed by atoms with Crippen molar-refractivity contribution in [3.8, 4) is 0 Å². The number of pyridine rings is 1. The largest absolute Gasteiger partial charge is 0.294 e. The van der Waals surface area contributed by atoms with E-state index in [2.05, 4.69) is 4.98 Å². The minimum atomic E-state index is 0.294. The Balaban J connectivity index is 1.77. The Morgan fingerprint density at radius 3 is 2.71 bits per heavy atom. The van der Waals surface area contributed by atoms with Crippen molar-refractivity contribution < 1.29 is 4.79 Å². The van der Waals surface area contributed by atoms with Crippen LogP contribution in [0.1, 0.15) is 29.6 Å². The second-order valence-corrected chi connectivity index (χ2v) is 4.53. The second-order valence-electron chi connectivity index (χ2n) is 4.53. The monoisotopic (exact) mass is 187 g/mol. The molecule has 3 rings (SSSR count). The third kappa shape index (κ3) is 1.26. The summed E-state index contributed by atoms with van der Waals surface area (Å²) in [5, 5.41) is 0. The molecule has 1 aromatic heterocycles. The van der Waals surface area contributed by atoms with Crippen LogP contribution in [-0.2, 0) is 0 Å². The number of carbonyl (C=O) groups is 1. The highest BCUT2D eigenvalue weighted by Gasteiger charge is 2.47. The van der Waals surface area contributed by atoms with Gasteiger partial charge < -0.3 is 0 Å². The lowest BCUT2D eigenvalue weighted by Gasteiger charge is -2.09. The van der Waals surface area contributed by atoms with Crippen molar-refractivity contribution >= 4 is 5.78 Å². The van der Waals surface area contributed by atoms with Gasteiger partial charge in [-0.25, -0.2) is 0 Å². The Labute approximate surface area is 83.4 Å². The van der Waals surface area contributed by atoms with Crippen molar-refractivity contribution in [1.82, 2.24) is 4.98 Å². The molecule has 0 amide bonds. The zero-order valence-corrected chi connectivity index (χ0v) is 8.02. The lowest BCUT2D eigenvalue weighted by atomic mass is 9.94. The highest BCUT2D eigenvalue weighted by Crippen LogP contribution is 2.54. The molecule has 2 atom stereocenters. The Bertz CT molecular complexity index is 350. The molecule has 0 bridgehead atoms. The molecule has 2 fully saturated rings. The first-order chi connectivity index (χ1) is 6.84. The lowest BCUT2D eigenvalue weighted by Crippen LogP contribution is -2.13. The Morgan fingerprint density at radius 2 is 2.07 bits per heavy atom. The number of nitrogens with zero attached hydrogens (tertiary/aromatic N) is 1. The number of hydrogen-bond acceptors (Lipinski definition) is 2. The van der Waals surface area contributed by atoms with Gasteiger partial charge in [0, 0.05) is 23.9 Å². The molecule has 0 spiro atoms. The molecule has 2 nitrogen and oxygen atoms in total. The maximum atomic E-state index is 12.0. The normalized spacial score (nSPS) is 33.9. The predicted molar refractivity (Wildman–Crippen MR) is 52.9 cm³/mol. The molecular weight excluding hydrogens is 174 g/mol. The Hall–Kier alpha value is -1.18. The summed E-state index contributed by atoms with van der Waals surface area (Å²) < 4.78 is 0. The summed E-state index contributed by atoms with van der Waals surface area (Å²) >= 11 is 0. The molecule has 2 aliphatic rings. The highest BCUT2D eigenvalue weighted by molar-refractivity contribution is 5.97. The molecule has 72 valence electrons. The molecule has 0 radical (unpaired) electrons. The van der Waals surface area contributed by atoms with E-state index in [-0.39, 0.29) is 0 Å². The number of hydrogen-bond donors (Lipinski definition) is 0. The van der Waals surface area contributed by atoms with Crippen molar-refractivity contribution in [3.63, 3.8) is 0 Å². The molecule has 2 saturated carbocycles. The van der Waals surface area contributed by atoms with Gasteiger partial charge in [0.2, 0.25) is 0 Å². The van der Waals surface area contributed by atoms with Crippen molar-refractivity contribution in [1.29, 1.82) is 0 Å². The van der Waals surface area contributed by atoms with E-state index >= 15 is 0 Å². The third-order valence-electron chi connectivity index (χ3n) is 3.56. The molecule has 0 N–H and O–H groups in total. The van der Waals surface area contributed by atoms with E-state index in [9.17, 15) is 4.79 Å². The van der Waals surface area contributed by atoms with Crippen LogP contribution in [0.15, 0.2) is 24.5 Å². The number of ketones is 1. The topological polar surface area (TPSA) is 30.0 Å². The van der Waals surface area contributed by atoms with Crippen LogP contribution in [-0.4, -0.2) is 10.8 Å². The number of fused-ring (bicyclic) bond motifs is 1. The van der Waals surface area contributed by atoms with Gasteiger partial charge in [0.25, 0.3) is 0 Å². The molecule has 2 aliphatic carbocycles. The zero-order valence-electron chi connectivity index (χ0n) is 8.02. The van der Waals surface area contributed by atoms with E-state index in [4.69, 9.17) is 0 Å². The van der Waals surface area contributed by atoms with Crippen molar-refractivity contribution in [2.24, 2.45) is 17.8 Å². The standard InChI is InChI=1S/C12H13NO/c14-12(8-2-1-3-13-7-8)11-5-9-4-10(9)6-11/h1-3,7,9-11H,4-6H2. The molecule has 0 saturated heterocycles. The van der Waals surface area contributed by atoms with E-state index in [0.29, 0.717) is 11.7 Å². The fourth-order valence-corrected chi connectivity index (χ4v) is 2.67. The van der Waals surface area contributed by atoms with Crippen molar-refractivity contribution in [2.75, 3.05) is 0 Å². The maximum absolute atomic E-state index is 12.0. The maximum Gasteiger partial charge on any atom is 0.167 e. The minimum absolute atomic E-state index is 0.294. The Morgan fingerprint density at radius 1 is 1.29 bits per heavy atom. The van der Waals surface area contributed by atoms with E-state index in [1.54, 1.807) is 12.4 Å². The molecule has 1 aromatic rings. The number of Topliss-reactive ketones (excluding diaryl/α,β-unsaturated/α-hetero) is 1. The summed E-state index contributed by atoms with van der Waals surface area (Å²) in [7, 11) is 0. The minimum Gasteiger partial charge on any atom is -0.294 e. The summed E-state index contributed by atoms with van der Waals surface area (Å²) in [6.07, 6.45) is 7.02. The summed E-state index contributed by atoms with van der Waals surface area (Å²) in [6, 6.07) is 3.71. The van der Waals surface area contributed by atoms with Gasteiger partial charge in [0.15, 0.2) is 5.78 Å². The molecule has 2 unspecified atom stereocenters. The summed E-state index contributed by atoms with van der Waals surface area (Å²) in [5.41, 5.74) is 0.791. The number of rotatable bonds is 2. The zero-order chi connectivity index (χ0) is 9.54. The average Bonchev–Trinajstić information content (AvgIpc) is 2.86. The average molecular weight is 187 g/mol. The van der Waals surface area contributed by atoms with Crippen LogP contribution < -0.4 is 0 Å². The van der Waals surface area contributed by atoms with Gasteiger partial charge in [-0.2, -0.15) is 0 Å². The Kier molecular flexibility index (Phi) is 1.69.